The van der Waals surface area contributed by atoms with E-state index in [-0.39, 0.29) is 0 Å². The van der Waals surface area contributed by atoms with Gasteiger partial charge in [-0.15, -0.1) is 0 Å². The van der Waals surface area contributed by atoms with Crippen molar-refractivity contribution >= 4 is 11.8 Å². The van der Waals surface area contributed by atoms with E-state index in [1.807, 2.05) is 0 Å². The van der Waals surface area contributed by atoms with Gasteiger partial charge in [-0.3, -0.25) is 0 Å². The lowest BCUT2D eigenvalue weighted by Crippen LogP contribution is -2.16. The number of hydrogen-bond donors (Lipinski definition) is 1. The molecular weight excluding hydrogens is 154 g/mol. The smallest absolute Gasteiger partial charge is 0.00478 e. The molecule has 0 unspecified atom stereocenters. The minimum absolute atomic E-state index is 0.613. The molecule has 0 aromatic carbocycles. The Bertz CT molecular complexity index is 138. The molecule has 2 fully saturated rings. The summed E-state index contributed by atoms with van der Waals surface area (Å²) in [6.45, 7) is 0.929. The average Bonchev–Trinajstić information content (AvgIpc) is 2.80. The fourth-order valence-electron chi connectivity index (χ4n) is 1.41. The van der Waals surface area contributed by atoms with Gasteiger partial charge < -0.3 is 5.73 Å². The van der Waals surface area contributed by atoms with Crippen molar-refractivity contribution in [1.82, 2.24) is 0 Å². The van der Waals surface area contributed by atoms with Gasteiger partial charge in [0.15, 0.2) is 0 Å². The van der Waals surface area contributed by atoms with Crippen LogP contribution in [0.4, 0.5) is 0 Å². The molecule has 0 atom stereocenters. The van der Waals surface area contributed by atoms with Crippen molar-refractivity contribution in [3.8, 4) is 0 Å². The number of nitrogens with two attached hydrogens (primary N) is 1. The highest BCUT2D eigenvalue weighted by Gasteiger charge is 2.40. The Morgan fingerprint density at radius 3 is 2.55 bits per heavy atom. The van der Waals surface area contributed by atoms with Gasteiger partial charge in [0.05, 0.1) is 0 Å². The molecule has 0 aromatic heterocycles. The van der Waals surface area contributed by atoms with Gasteiger partial charge in [0, 0.05) is 5.25 Å². The predicted molar refractivity (Wildman–Crippen MR) is 50.8 cm³/mol. The second kappa shape index (κ2) is 2.98. The number of hydrogen-bond acceptors (Lipinski definition) is 2. The van der Waals surface area contributed by atoms with Crippen LogP contribution in [0.3, 0.4) is 0 Å². The molecular formula is C9H17NS. The number of thioether (sulfide) groups is 1. The topological polar surface area (TPSA) is 26.0 Å². The summed E-state index contributed by atoms with van der Waals surface area (Å²) in [6, 6.07) is 0. The van der Waals surface area contributed by atoms with Crippen LogP contribution in [0.2, 0.25) is 0 Å². The Hall–Kier alpha value is 0.310. The molecule has 1 nitrogen and oxygen atoms in total. The second-order valence-corrected chi connectivity index (χ2v) is 5.43. The first-order valence-electron chi connectivity index (χ1n) is 4.66. The zero-order valence-electron chi connectivity index (χ0n) is 7.01. The maximum atomic E-state index is 5.69. The fraction of sp³-hybridized carbons (Fsp3) is 1.00. The lowest BCUT2D eigenvalue weighted by atomic mass is 10.1. The van der Waals surface area contributed by atoms with E-state index in [2.05, 4.69) is 11.8 Å². The van der Waals surface area contributed by atoms with Crippen LogP contribution in [0, 0.1) is 5.41 Å². The third-order valence-electron chi connectivity index (χ3n) is 2.90. The van der Waals surface area contributed by atoms with E-state index >= 15 is 0 Å². The van der Waals surface area contributed by atoms with Crippen LogP contribution in [0.5, 0.6) is 0 Å². The molecule has 2 N–H and O–H groups in total. The van der Waals surface area contributed by atoms with Crippen molar-refractivity contribution in [2.24, 2.45) is 11.1 Å². The predicted octanol–water partition coefficient (Wildman–Crippen LogP) is 2.01. The molecule has 0 aliphatic heterocycles. The molecule has 64 valence electrons. The normalized spacial score (nSPS) is 27.0. The van der Waals surface area contributed by atoms with Gasteiger partial charge in [-0.1, -0.05) is 0 Å². The molecule has 0 aromatic rings. The molecule has 2 saturated carbocycles. The van der Waals surface area contributed by atoms with Crippen LogP contribution in [0.25, 0.3) is 0 Å². The van der Waals surface area contributed by atoms with Gasteiger partial charge in [0.1, 0.15) is 0 Å². The summed E-state index contributed by atoms with van der Waals surface area (Å²) in [7, 11) is 0. The first-order chi connectivity index (χ1) is 5.35. The van der Waals surface area contributed by atoms with Gasteiger partial charge in [0.2, 0.25) is 0 Å². The SMILES string of the molecule is NCC1(CCSC2CC2)CC1. The van der Waals surface area contributed by atoms with E-state index in [0.29, 0.717) is 5.41 Å². The molecule has 11 heavy (non-hydrogen) atoms. The molecule has 0 radical (unpaired) electrons. The summed E-state index contributed by atoms with van der Waals surface area (Å²) in [4.78, 5) is 0. The van der Waals surface area contributed by atoms with Crippen molar-refractivity contribution < 1.29 is 0 Å². The molecule has 0 bridgehead atoms. The summed E-state index contributed by atoms with van der Waals surface area (Å²) in [5, 5.41) is 1.03. The van der Waals surface area contributed by atoms with Crippen LogP contribution < -0.4 is 5.73 Å². The lowest BCUT2D eigenvalue weighted by Gasteiger charge is -2.10. The Balaban J connectivity index is 1.58. The molecule has 0 amide bonds. The quantitative estimate of drug-likeness (QED) is 0.685. The standard InChI is InChI=1S/C9H17NS/c10-7-9(3-4-9)5-6-11-8-1-2-8/h8H,1-7,10H2. The van der Waals surface area contributed by atoms with Crippen LogP contribution in [0.15, 0.2) is 0 Å². The second-order valence-electron chi connectivity index (χ2n) is 4.02. The summed E-state index contributed by atoms with van der Waals surface area (Å²) < 4.78 is 0. The van der Waals surface area contributed by atoms with Crippen LogP contribution >= 0.6 is 11.8 Å². The molecule has 0 heterocycles. The molecule has 0 saturated heterocycles. The van der Waals surface area contributed by atoms with Crippen LogP contribution in [0.1, 0.15) is 32.1 Å². The summed E-state index contributed by atoms with van der Waals surface area (Å²) in [5.41, 5.74) is 6.31. The van der Waals surface area contributed by atoms with Gasteiger partial charge >= 0.3 is 0 Å². The zero-order valence-corrected chi connectivity index (χ0v) is 7.83. The molecule has 2 aliphatic rings. The Morgan fingerprint density at radius 2 is 2.09 bits per heavy atom. The van der Waals surface area contributed by atoms with E-state index in [4.69, 9.17) is 5.73 Å². The maximum Gasteiger partial charge on any atom is 0.00478 e. The van der Waals surface area contributed by atoms with Gasteiger partial charge in [0.25, 0.3) is 0 Å². The Kier molecular flexibility index (Phi) is 2.15. The van der Waals surface area contributed by atoms with Crippen LogP contribution in [-0.4, -0.2) is 17.5 Å². The fourth-order valence-corrected chi connectivity index (χ4v) is 2.76. The Morgan fingerprint density at radius 1 is 1.36 bits per heavy atom. The van der Waals surface area contributed by atoms with Crippen molar-refractivity contribution in [1.29, 1.82) is 0 Å². The molecule has 2 aliphatic carbocycles. The highest BCUT2D eigenvalue weighted by atomic mass is 32.2. The van der Waals surface area contributed by atoms with E-state index < -0.39 is 0 Å². The largest absolute Gasteiger partial charge is 0.330 e. The minimum atomic E-state index is 0.613. The Labute approximate surface area is 73.1 Å². The molecule has 2 rings (SSSR count). The number of rotatable bonds is 5. The van der Waals surface area contributed by atoms with Gasteiger partial charge in [-0.2, -0.15) is 11.8 Å². The lowest BCUT2D eigenvalue weighted by molar-refractivity contribution is 0.509. The zero-order chi connectivity index (χ0) is 7.73. The summed E-state index contributed by atoms with van der Waals surface area (Å²) in [5.74, 6) is 1.36. The molecule has 0 spiro atoms. The summed E-state index contributed by atoms with van der Waals surface area (Å²) >= 11 is 2.17. The van der Waals surface area contributed by atoms with E-state index in [1.165, 1.54) is 37.9 Å². The van der Waals surface area contributed by atoms with E-state index in [9.17, 15) is 0 Å². The van der Waals surface area contributed by atoms with Crippen LogP contribution in [-0.2, 0) is 0 Å². The van der Waals surface area contributed by atoms with Gasteiger partial charge in [-0.25, -0.2) is 0 Å². The van der Waals surface area contributed by atoms with Crippen molar-refractivity contribution in [3.63, 3.8) is 0 Å². The first-order valence-corrected chi connectivity index (χ1v) is 5.71. The van der Waals surface area contributed by atoms with E-state index in [1.54, 1.807) is 0 Å². The monoisotopic (exact) mass is 171 g/mol. The van der Waals surface area contributed by atoms with Crippen molar-refractivity contribution in [2.75, 3.05) is 12.3 Å². The third kappa shape index (κ3) is 2.12. The van der Waals surface area contributed by atoms with E-state index in [0.717, 1.165) is 11.8 Å². The highest BCUT2D eigenvalue weighted by Crippen LogP contribution is 2.49. The third-order valence-corrected chi connectivity index (χ3v) is 4.28. The van der Waals surface area contributed by atoms with Crippen molar-refractivity contribution in [3.05, 3.63) is 0 Å². The van der Waals surface area contributed by atoms with Gasteiger partial charge in [-0.05, 0) is 49.8 Å². The van der Waals surface area contributed by atoms with Crippen molar-refractivity contribution in [2.45, 2.75) is 37.4 Å². The highest BCUT2D eigenvalue weighted by molar-refractivity contribution is 8.00. The first kappa shape index (κ1) is 7.93. The average molecular weight is 171 g/mol. The molecule has 2 heteroatoms. The minimum Gasteiger partial charge on any atom is -0.330 e. The summed E-state index contributed by atoms with van der Waals surface area (Å²) in [6.07, 6.45) is 7.12. The maximum absolute atomic E-state index is 5.69.